The molecule has 0 atom stereocenters. The second-order valence-electron chi connectivity index (χ2n) is 3.16. The topological polar surface area (TPSA) is 95.1 Å². The van der Waals surface area contributed by atoms with E-state index in [0.29, 0.717) is 6.42 Å². The first kappa shape index (κ1) is 12.9. The minimum atomic E-state index is -4.18. The summed E-state index contributed by atoms with van der Waals surface area (Å²) in [7, 11) is 0.989. The molecule has 0 saturated carbocycles. The first-order valence-corrected chi connectivity index (χ1v) is 6.76. The fourth-order valence-corrected chi connectivity index (χ4v) is 2.66. The van der Waals surface area contributed by atoms with Gasteiger partial charge >= 0.3 is 5.69 Å². The average Bonchev–Trinajstić information content (AvgIpc) is 2.42. The number of halogens is 1. The molecule has 0 N–H and O–H groups in total. The zero-order valence-corrected chi connectivity index (χ0v) is 10.2. The number of aryl methyl sites for hydroxylation is 2. The number of nitro groups is 1. The Morgan fingerprint density at radius 1 is 1.56 bits per heavy atom. The van der Waals surface area contributed by atoms with Crippen LogP contribution in [0.25, 0.3) is 0 Å². The van der Waals surface area contributed by atoms with E-state index in [1.54, 1.807) is 6.92 Å². The van der Waals surface area contributed by atoms with Crippen molar-refractivity contribution < 1.29 is 13.3 Å². The highest BCUT2D eigenvalue weighted by molar-refractivity contribution is 8.13. The highest BCUT2D eigenvalue weighted by Gasteiger charge is 2.33. The van der Waals surface area contributed by atoms with Crippen LogP contribution in [-0.4, -0.2) is 23.1 Å². The molecule has 16 heavy (non-hydrogen) atoms. The average molecular weight is 268 g/mol. The lowest BCUT2D eigenvalue weighted by Gasteiger charge is -2.00. The molecule has 90 valence electrons. The molecule has 0 fully saturated rings. The first-order valence-electron chi connectivity index (χ1n) is 4.45. The van der Waals surface area contributed by atoms with E-state index in [0.717, 1.165) is 4.68 Å². The van der Waals surface area contributed by atoms with Crippen LogP contribution in [-0.2, 0) is 15.6 Å². The quantitative estimate of drug-likeness (QED) is 0.467. The van der Waals surface area contributed by atoms with Crippen LogP contribution in [0, 0.1) is 17.0 Å². The van der Waals surface area contributed by atoms with Crippen LogP contribution in [0.5, 0.6) is 0 Å². The lowest BCUT2D eigenvalue weighted by atomic mass is 10.4. The van der Waals surface area contributed by atoms with Gasteiger partial charge in [0, 0.05) is 17.2 Å². The largest absolute Gasteiger partial charge is 0.330 e. The molecule has 9 heteroatoms. The third kappa shape index (κ3) is 2.33. The van der Waals surface area contributed by atoms with Gasteiger partial charge in [-0.15, -0.1) is 0 Å². The molecule has 0 aliphatic carbocycles. The summed E-state index contributed by atoms with van der Waals surface area (Å²) in [6.07, 6.45) is 0.595. The molecule has 0 aliphatic heterocycles. The van der Waals surface area contributed by atoms with Crippen molar-refractivity contribution in [3.8, 4) is 0 Å². The van der Waals surface area contributed by atoms with Gasteiger partial charge in [-0.1, -0.05) is 6.92 Å². The minimum absolute atomic E-state index is 0.0395. The number of rotatable bonds is 4. The maximum atomic E-state index is 11.3. The molecule has 0 aliphatic rings. The number of nitrogens with zero attached hydrogens (tertiary/aromatic N) is 3. The maximum absolute atomic E-state index is 11.3. The Morgan fingerprint density at radius 2 is 2.12 bits per heavy atom. The van der Waals surface area contributed by atoms with E-state index in [1.165, 1.54) is 6.92 Å². The highest BCUT2D eigenvalue weighted by atomic mass is 35.7. The molecule has 1 heterocycles. The van der Waals surface area contributed by atoms with Gasteiger partial charge in [0.1, 0.15) is 5.69 Å². The second-order valence-corrected chi connectivity index (χ2v) is 5.64. The van der Waals surface area contributed by atoms with E-state index in [9.17, 15) is 18.5 Å². The van der Waals surface area contributed by atoms with Crippen LogP contribution in [0.4, 0.5) is 5.69 Å². The zero-order chi connectivity index (χ0) is 12.5. The van der Waals surface area contributed by atoms with Crippen LogP contribution in [0.15, 0.2) is 5.03 Å². The van der Waals surface area contributed by atoms with Crippen LogP contribution in [0.3, 0.4) is 0 Å². The van der Waals surface area contributed by atoms with Gasteiger partial charge in [-0.25, -0.2) is 13.1 Å². The fraction of sp³-hybridized carbons (Fsp3) is 0.571. The van der Waals surface area contributed by atoms with Crippen molar-refractivity contribution in [2.45, 2.75) is 31.8 Å². The summed E-state index contributed by atoms with van der Waals surface area (Å²) in [6, 6.07) is 0. The van der Waals surface area contributed by atoms with Crippen molar-refractivity contribution in [2.75, 3.05) is 0 Å². The molecular formula is C7H10ClN3O4S. The third-order valence-electron chi connectivity index (χ3n) is 1.90. The highest BCUT2D eigenvalue weighted by Crippen LogP contribution is 2.29. The van der Waals surface area contributed by atoms with Crippen LogP contribution in [0.2, 0.25) is 0 Å². The zero-order valence-electron chi connectivity index (χ0n) is 8.68. The smallest absolute Gasteiger partial charge is 0.258 e. The number of hydrogen-bond acceptors (Lipinski definition) is 5. The molecule has 0 aromatic carbocycles. The summed E-state index contributed by atoms with van der Waals surface area (Å²) in [6.45, 7) is 3.43. The van der Waals surface area contributed by atoms with E-state index in [-0.39, 0.29) is 12.2 Å². The minimum Gasteiger partial charge on any atom is -0.258 e. The Morgan fingerprint density at radius 3 is 2.50 bits per heavy atom. The molecule has 1 aromatic heterocycles. The van der Waals surface area contributed by atoms with Gasteiger partial charge in [0.05, 0.1) is 4.92 Å². The molecule has 1 rings (SSSR count). The summed E-state index contributed by atoms with van der Waals surface area (Å²) in [5, 5.41) is 14.0. The SMILES string of the molecule is CCCn1nc(C)c([N+](=O)[O-])c1S(=O)(=O)Cl. The molecule has 0 radical (unpaired) electrons. The molecule has 0 spiro atoms. The summed E-state index contributed by atoms with van der Waals surface area (Å²) in [5.74, 6) is 0. The van der Waals surface area contributed by atoms with Crippen LogP contribution in [0.1, 0.15) is 19.0 Å². The summed E-state index contributed by atoms with van der Waals surface area (Å²) in [4.78, 5) is 9.95. The summed E-state index contributed by atoms with van der Waals surface area (Å²) in [5.41, 5.74) is -0.513. The van der Waals surface area contributed by atoms with Crippen molar-refractivity contribution >= 4 is 25.4 Å². The van der Waals surface area contributed by atoms with E-state index in [2.05, 4.69) is 5.10 Å². The normalized spacial score (nSPS) is 11.7. The standard InChI is InChI=1S/C7H10ClN3O4S/c1-3-4-10-7(16(8,14)15)6(11(12)13)5(2)9-10/h3-4H2,1-2H3. The predicted molar refractivity (Wildman–Crippen MR) is 56.9 cm³/mol. The number of hydrogen-bond donors (Lipinski definition) is 0. The van der Waals surface area contributed by atoms with Crippen molar-refractivity contribution in [3.63, 3.8) is 0 Å². The van der Waals surface area contributed by atoms with Gasteiger partial charge in [0.2, 0.25) is 5.03 Å². The van der Waals surface area contributed by atoms with Gasteiger partial charge in [-0.3, -0.25) is 10.1 Å². The predicted octanol–water partition coefficient (Wildman–Crippen LogP) is 1.44. The molecule has 0 bridgehead atoms. The monoisotopic (exact) mass is 267 g/mol. The summed E-state index contributed by atoms with van der Waals surface area (Å²) >= 11 is 0. The van der Waals surface area contributed by atoms with Crippen molar-refractivity contribution in [2.24, 2.45) is 0 Å². The molecule has 0 saturated heterocycles. The third-order valence-corrected chi connectivity index (χ3v) is 3.20. The number of aromatic nitrogens is 2. The van der Waals surface area contributed by atoms with Crippen molar-refractivity contribution in [1.29, 1.82) is 0 Å². The van der Waals surface area contributed by atoms with Gasteiger partial charge in [-0.2, -0.15) is 5.10 Å². The molecular weight excluding hydrogens is 258 g/mol. The van der Waals surface area contributed by atoms with Gasteiger partial charge in [0.25, 0.3) is 9.05 Å². The Bertz CT molecular complexity index is 522. The summed E-state index contributed by atoms with van der Waals surface area (Å²) < 4.78 is 23.6. The van der Waals surface area contributed by atoms with Crippen molar-refractivity contribution in [3.05, 3.63) is 15.8 Å². The Kier molecular flexibility index (Phi) is 3.54. The lowest BCUT2D eigenvalue weighted by Crippen LogP contribution is -2.08. The van der Waals surface area contributed by atoms with E-state index in [1.807, 2.05) is 0 Å². The molecule has 7 nitrogen and oxygen atoms in total. The van der Waals surface area contributed by atoms with E-state index >= 15 is 0 Å². The van der Waals surface area contributed by atoms with Crippen molar-refractivity contribution in [1.82, 2.24) is 9.78 Å². The lowest BCUT2D eigenvalue weighted by molar-refractivity contribution is -0.388. The first-order chi connectivity index (χ1) is 7.29. The Hall–Kier alpha value is -1.15. The van der Waals surface area contributed by atoms with Gasteiger partial charge in [0.15, 0.2) is 0 Å². The second kappa shape index (κ2) is 4.38. The molecule has 0 amide bonds. The molecule has 0 unspecified atom stereocenters. The van der Waals surface area contributed by atoms with Crippen LogP contribution >= 0.6 is 10.7 Å². The van der Waals surface area contributed by atoms with Gasteiger partial charge in [-0.05, 0) is 13.3 Å². The van der Waals surface area contributed by atoms with E-state index in [4.69, 9.17) is 10.7 Å². The Labute approximate surface area is 96.6 Å². The molecule has 1 aromatic rings. The van der Waals surface area contributed by atoms with E-state index < -0.39 is 24.7 Å². The fourth-order valence-electron chi connectivity index (χ4n) is 1.37. The maximum Gasteiger partial charge on any atom is 0.330 e. The Balaban J connectivity index is 3.56. The van der Waals surface area contributed by atoms with Gasteiger partial charge < -0.3 is 0 Å². The van der Waals surface area contributed by atoms with Crippen LogP contribution < -0.4 is 0 Å².